The van der Waals surface area contributed by atoms with Crippen LogP contribution in [-0.4, -0.2) is 77.3 Å². The van der Waals surface area contributed by atoms with E-state index < -0.39 is 68.3 Å². The Bertz CT molecular complexity index is 3090. The van der Waals surface area contributed by atoms with Crippen molar-refractivity contribution in [2.45, 2.75) is 28.5 Å². The van der Waals surface area contributed by atoms with Crippen molar-refractivity contribution in [3.05, 3.63) is 95.6 Å². The average Bonchev–Trinajstić information content (AvgIpc) is 3.21. The van der Waals surface area contributed by atoms with Crippen molar-refractivity contribution in [1.82, 2.24) is 0 Å². The average molecular weight is 927 g/mol. The Kier molecular flexibility index (Phi) is 14.0. The molecule has 0 fully saturated rings. The summed E-state index contributed by atoms with van der Waals surface area (Å²) in [4.78, 5) is 22.1. The van der Waals surface area contributed by atoms with Crippen molar-refractivity contribution in [2.75, 3.05) is 32.0 Å². The molecule has 0 unspecified atom stereocenters. The first kappa shape index (κ1) is 46.8. The van der Waals surface area contributed by atoms with Gasteiger partial charge in [0.05, 0.1) is 60.2 Å². The van der Waals surface area contributed by atoms with Gasteiger partial charge in [-0.2, -0.15) is 40.6 Å². The fourth-order valence-corrected chi connectivity index (χ4v) is 7.28. The number of ether oxygens (including phenoxy) is 3. The number of hydrogen-bond acceptors (Lipinski definition) is 17. The maximum atomic E-state index is 13.2. The molecule has 63 heavy (non-hydrogen) atoms. The van der Waals surface area contributed by atoms with Gasteiger partial charge >= 0.3 is 12.0 Å². The lowest BCUT2D eigenvalue weighted by molar-refractivity contribution is 0.0696. The highest BCUT2D eigenvalue weighted by atomic mass is 32.2. The van der Waals surface area contributed by atoms with E-state index in [2.05, 4.69) is 41.3 Å². The molecular formula is C37H34N8O15S3. The SMILES string of the molecule is COc1cc(N=Nc2ccc(S(=O)(=O)O)cc2S(=O)(=O)O)ccc1N=Nc1cc(OC)c(NC(=O)Nc2cc(C)c(N=Nc3ccc(C(=O)O)cc3S(=O)(=O)O)cc2OC)cc1C. The van der Waals surface area contributed by atoms with Crippen LogP contribution in [0.3, 0.4) is 0 Å². The molecule has 26 heteroatoms. The van der Waals surface area contributed by atoms with Crippen LogP contribution in [0.1, 0.15) is 21.5 Å². The number of nitrogens with zero attached hydrogens (tertiary/aromatic N) is 6. The van der Waals surface area contributed by atoms with E-state index in [0.717, 1.165) is 30.3 Å². The van der Waals surface area contributed by atoms with Crippen LogP contribution < -0.4 is 24.8 Å². The summed E-state index contributed by atoms with van der Waals surface area (Å²) < 4.78 is 115. The van der Waals surface area contributed by atoms with Crippen molar-refractivity contribution >= 4 is 87.9 Å². The molecule has 5 aromatic rings. The molecule has 0 heterocycles. The highest BCUT2D eigenvalue weighted by molar-refractivity contribution is 7.87. The van der Waals surface area contributed by atoms with Crippen LogP contribution in [-0.2, 0) is 30.4 Å². The Balaban J connectivity index is 1.32. The summed E-state index contributed by atoms with van der Waals surface area (Å²) >= 11 is 0. The minimum atomic E-state index is -4.98. The third-order valence-corrected chi connectivity index (χ3v) is 11.1. The third-order valence-electron chi connectivity index (χ3n) is 8.49. The number of hydrogen-bond donors (Lipinski definition) is 6. The van der Waals surface area contributed by atoms with E-state index in [0.29, 0.717) is 22.9 Å². The van der Waals surface area contributed by atoms with Gasteiger partial charge in [0.2, 0.25) is 0 Å². The number of urea groups is 1. The van der Waals surface area contributed by atoms with Crippen molar-refractivity contribution in [1.29, 1.82) is 0 Å². The quantitative estimate of drug-likeness (QED) is 0.0422. The summed E-state index contributed by atoms with van der Waals surface area (Å²) in [6, 6.07) is 14.8. The molecule has 0 atom stereocenters. The summed E-state index contributed by atoms with van der Waals surface area (Å²) in [5, 5.41) is 38.8. The molecule has 0 saturated carbocycles. The maximum absolute atomic E-state index is 13.2. The van der Waals surface area contributed by atoms with Gasteiger partial charge in [-0.05, 0) is 85.6 Å². The second-order valence-corrected chi connectivity index (χ2v) is 17.0. The van der Waals surface area contributed by atoms with Gasteiger partial charge in [-0.25, -0.2) is 9.59 Å². The van der Waals surface area contributed by atoms with Crippen LogP contribution >= 0.6 is 0 Å². The number of rotatable bonds is 15. The number of azo groups is 3. The van der Waals surface area contributed by atoms with E-state index in [1.165, 1.54) is 57.7 Å². The van der Waals surface area contributed by atoms with Crippen molar-refractivity contribution < 1.29 is 67.8 Å². The molecular weight excluding hydrogens is 893 g/mol. The highest BCUT2D eigenvalue weighted by Crippen LogP contribution is 2.39. The summed E-state index contributed by atoms with van der Waals surface area (Å²) in [7, 11) is -10.6. The standard InChI is InChI=1S/C37H34N8O15S3/c1-19-12-29(38-37(48)39-30-13-20(2)28(18-33(30)60-5)45-43-25-9-6-21(36(46)47)14-34(25)62(52,53)54)32(59-4)17-27(19)44-41-24-10-7-22(15-31(24)58-3)40-42-26-11-8-23(61(49,50)51)16-35(26)63(55,56)57/h6-18H,1-5H3,(H,46,47)(H2,38,39,48)(H,49,50,51)(H,52,53,54)(H,55,56,57). The highest BCUT2D eigenvalue weighted by Gasteiger charge is 2.22. The molecule has 0 saturated heterocycles. The Hall–Kier alpha value is -7.23. The topological polar surface area (TPSA) is 343 Å². The van der Waals surface area contributed by atoms with Crippen LogP contribution in [0.15, 0.2) is 124 Å². The molecule has 0 radical (unpaired) electrons. The number of carboxylic acid groups (broad SMARTS) is 1. The predicted octanol–water partition coefficient (Wildman–Crippen LogP) is 8.66. The second-order valence-electron chi connectivity index (χ2n) is 12.8. The number of carbonyl (C=O) groups is 2. The van der Waals surface area contributed by atoms with Gasteiger partial charge in [-0.3, -0.25) is 13.7 Å². The molecule has 0 aliphatic carbocycles. The number of benzene rings is 5. The zero-order valence-corrected chi connectivity index (χ0v) is 35.6. The largest absolute Gasteiger partial charge is 0.494 e. The first-order chi connectivity index (χ1) is 29.5. The Morgan fingerprint density at radius 2 is 0.952 bits per heavy atom. The van der Waals surface area contributed by atoms with E-state index in [9.17, 15) is 53.6 Å². The first-order valence-corrected chi connectivity index (χ1v) is 21.7. The van der Waals surface area contributed by atoms with Gasteiger partial charge < -0.3 is 30.0 Å². The lowest BCUT2D eigenvalue weighted by Crippen LogP contribution is -2.20. The molecule has 0 aromatic heterocycles. The number of nitrogens with one attached hydrogen (secondary N) is 2. The number of aromatic carboxylic acids is 1. The minimum Gasteiger partial charge on any atom is -0.494 e. The Morgan fingerprint density at radius 3 is 1.43 bits per heavy atom. The Morgan fingerprint density at radius 1 is 0.508 bits per heavy atom. The zero-order chi connectivity index (χ0) is 46.4. The lowest BCUT2D eigenvalue weighted by atomic mass is 10.1. The van der Waals surface area contributed by atoms with Gasteiger partial charge in [-0.1, -0.05) is 0 Å². The number of amides is 2. The molecule has 0 aliphatic heterocycles. The number of methoxy groups -OCH3 is 3. The van der Waals surface area contributed by atoms with E-state index >= 15 is 0 Å². The second kappa shape index (κ2) is 18.8. The summed E-state index contributed by atoms with van der Waals surface area (Å²) in [5.41, 5.74) is 1.16. The van der Waals surface area contributed by atoms with Gasteiger partial charge in [0.15, 0.2) is 0 Å². The van der Waals surface area contributed by atoms with Gasteiger partial charge in [0.1, 0.15) is 44.1 Å². The lowest BCUT2D eigenvalue weighted by Gasteiger charge is -2.15. The molecule has 5 rings (SSSR count). The van der Waals surface area contributed by atoms with Gasteiger partial charge in [-0.15, -0.1) is 15.3 Å². The van der Waals surface area contributed by atoms with Crippen LogP contribution in [0.2, 0.25) is 0 Å². The number of anilines is 2. The van der Waals surface area contributed by atoms with Crippen LogP contribution in [0, 0.1) is 13.8 Å². The smallest absolute Gasteiger partial charge is 0.335 e. The zero-order valence-electron chi connectivity index (χ0n) is 33.2. The van der Waals surface area contributed by atoms with Crippen molar-refractivity contribution in [2.24, 2.45) is 30.7 Å². The van der Waals surface area contributed by atoms with Crippen molar-refractivity contribution in [3.8, 4) is 17.2 Å². The first-order valence-electron chi connectivity index (χ1n) is 17.3. The normalized spacial score (nSPS) is 12.2. The van der Waals surface area contributed by atoms with Crippen LogP contribution in [0.4, 0.5) is 50.3 Å². The number of aryl methyl sites for hydroxylation is 2. The maximum Gasteiger partial charge on any atom is 0.335 e. The molecule has 0 aliphatic rings. The molecule has 0 bridgehead atoms. The predicted molar refractivity (Wildman–Crippen MR) is 223 cm³/mol. The molecule has 6 N–H and O–H groups in total. The third kappa shape index (κ3) is 11.6. The summed E-state index contributed by atoms with van der Waals surface area (Å²) in [5.74, 6) is -0.936. The molecule has 5 aromatic carbocycles. The fourth-order valence-electron chi connectivity index (χ4n) is 5.40. The number of carboxylic acids is 1. The summed E-state index contributed by atoms with van der Waals surface area (Å²) in [6.45, 7) is 3.31. The van der Waals surface area contributed by atoms with Gasteiger partial charge in [0, 0.05) is 18.2 Å². The monoisotopic (exact) mass is 926 g/mol. The molecule has 0 spiro atoms. The van der Waals surface area contributed by atoms with Crippen LogP contribution in [0.5, 0.6) is 17.2 Å². The molecule has 2 amide bonds. The summed E-state index contributed by atoms with van der Waals surface area (Å²) in [6.07, 6.45) is 0. The van der Waals surface area contributed by atoms with E-state index in [1.807, 2.05) is 0 Å². The van der Waals surface area contributed by atoms with E-state index in [1.54, 1.807) is 19.9 Å². The van der Waals surface area contributed by atoms with Crippen molar-refractivity contribution in [3.63, 3.8) is 0 Å². The minimum absolute atomic E-state index is 0.130. The van der Waals surface area contributed by atoms with Gasteiger partial charge in [0.25, 0.3) is 30.4 Å². The molecule has 330 valence electrons. The fraction of sp³-hybridized carbons (Fsp3) is 0.135. The Labute approximate surface area is 358 Å². The van der Waals surface area contributed by atoms with E-state index in [-0.39, 0.29) is 51.4 Å². The molecule has 23 nitrogen and oxygen atoms in total. The van der Waals surface area contributed by atoms with Crippen LogP contribution in [0.25, 0.3) is 0 Å². The number of carbonyl (C=O) groups excluding carboxylic acids is 1. The van der Waals surface area contributed by atoms with E-state index in [4.69, 9.17) is 14.2 Å².